The number of fused-ring (bicyclic) bond motifs is 2. The molecule has 2 N–H and O–H groups in total. The Hall–Kier alpha value is -3.99. The van der Waals surface area contributed by atoms with Gasteiger partial charge in [-0.3, -0.25) is 4.79 Å². The van der Waals surface area contributed by atoms with Crippen molar-refractivity contribution in [1.29, 1.82) is 0 Å². The van der Waals surface area contributed by atoms with Crippen LogP contribution in [0.15, 0.2) is 72.8 Å². The van der Waals surface area contributed by atoms with Gasteiger partial charge in [0.1, 0.15) is 11.5 Å². The Kier molecular flexibility index (Phi) is 4.94. The topological polar surface area (TPSA) is 59.6 Å². The molecule has 4 aromatic rings. The van der Waals surface area contributed by atoms with Crippen LogP contribution in [0, 0.1) is 13.8 Å². The Bertz CT molecular complexity index is 1350. The zero-order valence-electron chi connectivity index (χ0n) is 18.2. The van der Waals surface area contributed by atoms with E-state index in [1.807, 2.05) is 54.6 Å². The summed E-state index contributed by atoms with van der Waals surface area (Å²) in [5.41, 5.74) is 5.55. The van der Waals surface area contributed by atoms with Crippen molar-refractivity contribution >= 4 is 28.1 Å². The summed E-state index contributed by atoms with van der Waals surface area (Å²) in [6.45, 7) is 4.19. The molecule has 1 heterocycles. The van der Waals surface area contributed by atoms with Crippen LogP contribution in [0.1, 0.15) is 33.3 Å². The second kappa shape index (κ2) is 7.93. The van der Waals surface area contributed by atoms with Gasteiger partial charge in [-0.15, -0.1) is 0 Å². The van der Waals surface area contributed by atoms with E-state index in [4.69, 9.17) is 9.47 Å². The maximum absolute atomic E-state index is 13.1. The molecule has 0 radical (unpaired) electrons. The zero-order valence-corrected chi connectivity index (χ0v) is 18.2. The minimum atomic E-state index is -0.254. The van der Waals surface area contributed by atoms with E-state index in [0.29, 0.717) is 17.0 Å². The number of hydrogen-bond donors (Lipinski definition) is 2. The SMILES string of the molecule is COc1cc2ccccc2cc1C(=O)Nc1ccc2c(c1)N[C@@H](c1ccc(C)c(C)c1)O2. The van der Waals surface area contributed by atoms with Crippen molar-refractivity contribution in [1.82, 2.24) is 0 Å². The summed E-state index contributed by atoms with van der Waals surface area (Å²) in [4.78, 5) is 13.1. The van der Waals surface area contributed by atoms with Gasteiger partial charge in [0.2, 0.25) is 0 Å². The van der Waals surface area contributed by atoms with Gasteiger partial charge in [0, 0.05) is 11.3 Å². The standard InChI is InChI=1S/C27H24N2O3/c1-16-8-9-20(12-17(16)2)27-29-23-15-21(10-11-24(23)32-27)28-26(30)22-13-18-6-4-5-7-19(18)14-25(22)31-3/h4-15,27,29H,1-3H3,(H,28,30)/t27-/m1/s1. The number of aryl methyl sites for hydroxylation is 2. The average Bonchev–Trinajstić information content (AvgIpc) is 3.23. The van der Waals surface area contributed by atoms with Gasteiger partial charge < -0.3 is 20.1 Å². The van der Waals surface area contributed by atoms with E-state index >= 15 is 0 Å². The lowest BCUT2D eigenvalue weighted by molar-refractivity contribution is 0.102. The lowest BCUT2D eigenvalue weighted by atomic mass is 10.1. The molecule has 0 bridgehead atoms. The van der Waals surface area contributed by atoms with Crippen molar-refractivity contribution in [2.75, 3.05) is 17.7 Å². The molecule has 0 fully saturated rings. The second-order valence-corrected chi connectivity index (χ2v) is 8.05. The molecule has 5 rings (SSSR count). The van der Waals surface area contributed by atoms with Gasteiger partial charge in [-0.25, -0.2) is 0 Å². The number of methoxy groups -OCH3 is 1. The molecule has 1 aliphatic heterocycles. The van der Waals surface area contributed by atoms with Gasteiger partial charge >= 0.3 is 0 Å². The van der Waals surface area contributed by atoms with Crippen molar-refractivity contribution in [2.24, 2.45) is 0 Å². The zero-order chi connectivity index (χ0) is 22.2. The summed E-state index contributed by atoms with van der Waals surface area (Å²) in [7, 11) is 1.57. The highest BCUT2D eigenvalue weighted by atomic mass is 16.5. The molecule has 0 saturated carbocycles. The summed E-state index contributed by atoms with van der Waals surface area (Å²) in [5, 5.41) is 8.39. The Labute approximate surface area is 187 Å². The second-order valence-electron chi connectivity index (χ2n) is 8.05. The van der Waals surface area contributed by atoms with Crippen LogP contribution < -0.4 is 20.1 Å². The predicted molar refractivity (Wildman–Crippen MR) is 128 cm³/mol. The number of ether oxygens (including phenoxy) is 2. The maximum atomic E-state index is 13.1. The minimum absolute atomic E-state index is 0.225. The highest BCUT2D eigenvalue weighted by Crippen LogP contribution is 2.40. The number of benzene rings is 4. The third-order valence-electron chi connectivity index (χ3n) is 5.92. The van der Waals surface area contributed by atoms with Gasteiger partial charge in [0.15, 0.2) is 6.23 Å². The predicted octanol–water partition coefficient (Wildman–Crippen LogP) is 6.22. The Balaban J connectivity index is 1.37. The van der Waals surface area contributed by atoms with Crippen molar-refractivity contribution in [2.45, 2.75) is 20.1 Å². The van der Waals surface area contributed by atoms with E-state index < -0.39 is 0 Å². The van der Waals surface area contributed by atoms with Crippen LogP contribution in [0.4, 0.5) is 11.4 Å². The van der Waals surface area contributed by atoms with Crippen LogP contribution in [0.3, 0.4) is 0 Å². The number of amides is 1. The molecule has 1 aliphatic rings. The number of carbonyl (C=O) groups is 1. The Morgan fingerprint density at radius 2 is 1.72 bits per heavy atom. The third kappa shape index (κ3) is 3.62. The summed E-state index contributed by atoms with van der Waals surface area (Å²) in [6.07, 6.45) is -0.254. The fraction of sp³-hybridized carbons (Fsp3) is 0.148. The largest absolute Gasteiger partial charge is 0.496 e. The molecular weight excluding hydrogens is 400 g/mol. The smallest absolute Gasteiger partial charge is 0.259 e. The van der Waals surface area contributed by atoms with E-state index in [1.54, 1.807) is 7.11 Å². The molecule has 32 heavy (non-hydrogen) atoms. The van der Waals surface area contributed by atoms with Crippen molar-refractivity contribution < 1.29 is 14.3 Å². The molecule has 5 nitrogen and oxygen atoms in total. The van der Waals surface area contributed by atoms with E-state index in [9.17, 15) is 4.79 Å². The van der Waals surface area contributed by atoms with Gasteiger partial charge in [-0.2, -0.15) is 0 Å². The number of carbonyl (C=O) groups excluding carboxylic acids is 1. The van der Waals surface area contributed by atoms with E-state index in [0.717, 1.165) is 27.8 Å². The molecule has 0 aromatic heterocycles. The summed E-state index contributed by atoms with van der Waals surface area (Å²) in [5.74, 6) is 1.07. The Morgan fingerprint density at radius 3 is 2.47 bits per heavy atom. The summed E-state index contributed by atoms with van der Waals surface area (Å²) < 4.78 is 11.5. The fourth-order valence-corrected chi connectivity index (χ4v) is 3.96. The van der Waals surface area contributed by atoms with Crippen LogP contribution >= 0.6 is 0 Å². The quantitative estimate of drug-likeness (QED) is 0.408. The monoisotopic (exact) mass is 424 g/mol. The van der Waals surface area contributed by atoms with Crippen LogP contribution in [0.5, 0.6) is 11.5 Å². The number of rotatable bonds is 4. The van der Waals surface area contributed by atoms with Crippen LogP contribution in [-0.2, 0) is 0 Å². The average molecular weight is 425 g/mol. The van der Waals surface area contributed by atoms with Gasteiger partial charge in [-0.1, -0.05) is 42.5 Å². The molecule has 160 valence electrons. The lowest BCUT2D eigenvalue weighted by Gasteiger charge is -2.13. The lowest BCUT2D eigenvalue weighted by Crippen LogP contribution is -2.13. The Morgan fingerprint density at radius 1 is 0.938 bits per heavy atom. The van der Waals surface area contributed by atoms with Crippen molar-refractivity contribution in [3.63, 3.8) is 0 Å². The first kappa shape index (κ1) is 19.9. The first-order valence-electron chi connectivity index (χ1n) is 10.5. The first-order valence-corrected chi connectivity index (χ1v) is 10.5. The maximum Gasteiger partial charge on any atom is 0.259 e. The van der Waals surface area contributed by atoms with Crippen LogP contribution in [0.2, 0.25) is 0 Å². The van der Waals surface area contributed by atoms with Gasteiger partial charge in [-0.05, 0) is 66.1 Å². The number of hydrogen-bond acceptors (Lipinski definition) is 4. The fourth-order valence-electron chi connectivity index (χ4n) is 3.96. The molecule has 4 aromatic carbocycles. The molecule has 1 amide bonds. The minimum Gasteiger partial charge on any atom is -0.496 e. The molecular formula is C27H24N2O3. The first-order chi connectivity index (χ1) is 15.5. The van der Waals surface area contributed by atoms with Crippen molar-refractivity contribution in [3.05, 3.63) is 95.1 Å². The highest BCUT2D eigenvalue weighted by molar-refractivity contribution is 6.09. The summed E-state index contributed by atoms with van der Waals surface area (Å²) in [6, 6.07) is 23.5. The molecule has 0 unspecified atom stereocenters. The van der Waals surface area contributed by atoms with E-state index in [-0.39, 0.29) is 12.1 Å². The van der Waals surface area contributed by atoms with Crippen LogP contribution in [-0.4, -0.2) is 13.0 Å². The van der Waals surface area contributed by atoms with Crippen LogP contribution in [0.25, 0.3) is 10.8 Å². The third-order valence-corrected chi connectivity index (χ3v) is 5.92. The molecule has 1 atom stereocenters. The number of anilines is 2. The van der Waals surface area contributed by atoms with E-state index in [2.05, 4.69) is 42.7 Å². The van der Waals surface area contributed by atoms with Gasteiger partial charge in [0.05, 0.1) is 18.4 Å². The molecule has 0 saturated heterocycles. The van der Waals surface area contributed by atoms with E-state index in [1.165, 1.54) is 11.1 Å². The summed E-state index contributed by atoms with van der Waals surface area (Å²) >= 11 is 0. The highest BCUT2D eigenvalue weighted by Gasteiger charge is 2.24. The van der Waals surface area contributed by atoms with Crippen molar-refractivity contribution in [3.8, 4) is 11.5 Å². The number of nitrogens with one attached hydrogen (secondary N) is 2. The normalized spacial score (nSPS) is 14.4. The molecule has 0 spiro atoms. The molecule has 5 heteroatoms. The molecule has 0 aliphatic carbocycles. The van der Waals surface area contributed by atoms with Gasteiger partial charge in [0.25, 0.3) is 5.91 Å².